The number of nitrogens with zero attached hydrogens (tertiary/aromatic N) is 4. The molecule has 8 nitrogen and oxygen atoms in total. The number of amides is 3. The van der Waals surface area contributed by atoms with E-state index in [1.54, 1.807) is 27.7 Å². The molecule has 1 N–H and O–H groups in total. The number of aromatic nitrogens is 2. The van der Waals surface area contributed by atoms with E-state index in [0.29, 0.717) is 36.6 Å². The van der Waals surface area contributed by atoms with Crippen LogP contribution in [-0.2, 0) is 17.8 Å². The Kier molecular flexibility index (Phi) is 6.13. The summed E-state index contributed by atoms with van der Waals surface area (Å²) in [6, 6.07) is 3.66. The molecule has 10 heteroatoms. The third-order valence-electron chi connectivity index (χ3n) is 6.09. The summed E-state index contributed by atoms with van der Waals surface area (Å²) in [7, 11) is 1.80. The van der Waals surface area contributed by atoms with Gasteiger partial charge in [0.05, 0.1) is 53.8 Å². The van der Waals surface area contributed by atoms with Crippen LogP contribution in [0.1, 0.15) is 42.7 Å². The highest BCUT2D eigenvalue weighted by Gasteiger charge is 2.49. The quantitative estimate of drug-likeness (QED) is 0.707. The third-order valence-corrected chi connectivity index (χ3v) is 6.38. The molecule has 0 bridgehead atoms. The highest BCUT2D eigenvalue weighted by atomic mass is 35.5. The molecule has 172 valence electrons. The molecule has 3 amide bonds. The molecule has 2 heterocycles. The van der Waals surface area contributed by atoms with Gasteiger partial charge in [0.2, 0.25) is 0 Å². The van der Waals surface area contributed by atoms with Crippen LogP contribution < -0.4 is 5.32 Å². The first-order chi connectivity index (χ1) is 15.2. The smallest absolute Gasteiger partial charge is 0.322 e. The molecule has 1 saturated carbocycles. The molecule has 0 atom stereocenters. The number of hydrogen-bond donors (Lipinski definition) is 1. The topological polar surface area (TPSA) is 79.7 Å². The molecule has 1 fully saturated rings. The van der Waals surface area contributed by atoms with Gasteiger partial charge in [0.25, 0.3) is 5.91 Å². The second-order valence-corrected chi connectivity index (χ2v) is 9.06. The number of ether oxygens (including phenoxy) is 1. The fourth-order valence-electron chi connectivity index (χ4n) is 3.81. The van der Waals surface area contributed by atoms with Crippen molar-refractivity contribution in [1.29, 1.82) is 0 Å². The van der Waals surface area contributed by atoms with Crippen LogP contribution in [0.3, 0.4) is 0 Å². The molecule has 0 unspecified atom stereocenters. The summed E-state index contributed by atoms with van der Waals surface area (Å²) in [5, 5.41) is 7.02. The van der Waals surface area contributed by atoms with Gasteiger partial charge in [-0.1, -0.05) is 11.6 Å². The van der Waals surface area contributed by atoms with E-state index in [0.717, 1.165) is 12.8 Å². The van der Waals surface area contributed by atoms with E-state index in [-0.39, 0.29) is 35.1 Å². The van der Waals surface area contributed by atoms with Crippen LogP contribution in [0.25, 0.3) is 0 Å². The number of benzene rings is 1. The van der Waals surface area contributed by atoms with Gasteiger partial charge in [-0.05, 0) is 44.9 Å². The first kappa shape index (κ1) is 22.5. The van der Waals surface area contributed by atoms with Gasteiger partial charge in [-0.2, -0.15) is 5.10 Å². The van der Waals surface area contributed by atoms with Crippen molar-refractivity contribution in [2.24, 2.45) is 0 Å². The van der Waals surface area contributed by atoms with Crippen LogP contribution in [-0.4, -0.2) is 63.4 Å². The molecule has 2 aliphatic rings. The van der Waals surface area contributed by atoms with Gasteiger partial charge in [-0.15, -0.1) is 0 Å². The van der Waals surface area contributed by atoms with Crippen molar-refractivity contribution >= 4 is 29.2 Å². The van der Waals surface area contributed by atoms with Crippen molar-refractivity contribution in [1.82, 2.24) is 19.6 Å². The SMILES string of the molecule is CC(C)OCC1(N(C)C(=O)c2cnn3c2CN(C(=O)Nc2ccc(F)c(Cl)c2)CC3)CC1. The number of carbonyl (C=O) groups excluding carboxylic acids is 2. The van der Waals surface area contributed by atoms with Gasteiger partial charge in [-0.3, -0.25) is 9.48 Å². The van der Waals surface area contributed by atoms with Gasteiger partial charge >= 0.3 is 6.03 Å². The Morgan fingerprint density at radius 1 is 1.34 bits per heavy atom. The summed E-state index contributed by atoms with van der Waals surface area (Å²) in [5.74, 6) is -0.672. The van der Waals surface area contributed by atoms with Gasteiger partial charge in [-0.25, -0.2) is 9.18 Å². The molecule has 4 rings (SSSR count). The van der Waals surface area contributed by atoms with E-state index >= 15 is 0 Å². The van der Waals surface area contributed by atoms with E-state index in [1.807, 2.05) is 13.8 Å². The zero-order chi connectivity index (χ0) is 23.0. The van der Waals surface area contributed by atoms with Gasteiger partial charge in [0.1, 0.15) is 5.82 Å². The number of hydrogen-bond acceptors (Lipinski definition) is 4. The monoisotopic (exact) mass is 463 g/mol. The van der Waals surface area contributed by atoms with E-state index in [4.69, 9.17) is 16.3 Å². The minimum atomic E-state index is -0.550. The molecule has 1 aliphatic carbocycles. The predicted molar refractivity (Wildman–Crippen MR) is 118 cm³/mol. The molecular formula is C22H27ClFN5O3. The second-order valence-electron chi connectivity index (χ2n) is 8.66. The van der Waals surface area contributed by atoms with Crippen LogP contribution in [0, 0.1) is 5.82 Å². The minimum absolute atomic E-state index is 0.0640. The predicted octanol–water partition coefficient (Wildman–Crippen LogP) is 3.75. The standard InChI is InChI=1S/C22H27ClFN5O3/c1-14(2)32-13-22(6-7-22)27(3)20(30)16-11-25-29-9-8-28(12-19(16)29)21(31)26-15-4-5-18(24)17(23)10-15/h4-5,10-11,14H,6-9,12-13H2,1-3H3,(H,26,31). The number of nitrogens with one attached hydrogen (secondary N) is 1. The zero-order valence-corrected chi connectivity index (χ0v) is 19.2. The van der Waals surface area contributed by atoms with E-state index in [2.05, 4.69) is 10.4 Å². The lowest BCUT2D eigenvalue weighted by Crippen LogP contribution is -2.44. The highest BCUT2D eigenvalue weighted by molar-refractivity contribution is 6.31. The number of anilines is 1. The van der Waals surface area contributed by atoms with E-state index in [9.17, 15) is 14.0 Å². The summed E-state index contributed by atoms with van der Waals surface area (Å²) >= 11 is 5.80. The molecule has 1 aliphatic heterocycles. The van der Waals surface area contributed by atoms with Crippen LogP contribution in [0.5, 0.6) is 0 Å². The normalized spacial score (nSPS) is 16.6. The Labute approximate surface area is 191 Å². The number of likely N-dealkylation sites (N-methyl/N-ethyl adjacent to an activating group) is 1. The van der Waals surface area contributed by atoms with Crippen LogP contribution in [0.15, 0.2) is 24.4 Å². The van der Waals surface area contributed by atoms with Gasteiger partial charge < -0.3 is 19.9 Å². The Morgan fingerprint density at radius 3 is 2.75 bits per heavy atom. The van der Waals surface area contributed by atoms with Crippen LogP contribution in [0.4, 0.5) is 14.9 Å². The lowest BCUT2D eigenvalue weighted by molar-refractivity contribution is 0.0203. The number of rotatable bonds is 6. The Morgan fingerprint density at radius 2 is 2.09 bits per heavy atom. The Hall–Kier alpha value is -2.65. The number of fused-ring (bicyclic) bond motifs is 1. The summed E-state index contributed by atoms with van der Waals surface area (Å²) < 4.78 is 20.9. The van der Waals surface area contributed by atoms with Crippen molar-refractivity contribution in [2.75, 3.05) is 25.5 Å². The maximum Gasteiger partial charge on any atom is 0.322 e. The fourth-order valence-corrected chi connectivity index (χ4v) is 3.99. The Balaban J connectivity index is 1.46. The zero-order valence-electron chi connectivity index (χ0n) is 18.4. The largest absolute Gasteiger partial charge is 0.376 e. The second kappa shape index (κ2) is 8.71. The summed E-state index contributed by atoms with van der Waals surface area (Å²) in [5.41, 5.74) is 1.31. The minimum Gasteiger partial charge on any atom is -0.376 e. The molecule has 32 heavy (non-hydrogen) atoms. The summed E-state index contributed by atoms with van der Waals surface area (Å²) in [6.07, 6.45) is 3.48. The number of halogens is 2. The fraction of sp³-hybridized carbons (Fsp3) is 0.500. The molecule has 0 spiro atoms. The highest BCUT2D eigenvalue weighted by Crippen LogP contribution is 2.42. The third kappa shape index (κ3) is 4.45. The van der Waals surface area contributed by atoms with E-state index in [1.165, 1.54) is 18.2 Å². The van der Waals surface area contributed by atoms with Gasteiger partial charge in [0.15, 0.2) is 0 Å². The molecule has 1 aromatic carbocycles. The van der Waals surface area contributed by atoms with Crippen molar-refractivity contribution in [2.45, 2.75) is 51.4 Å². The lowest BCUT2D eigenvalue weighted by Gasteiger charge is -2.31. The molecule has 2 aromatic rings. The van der Waals surface area contributed by atoms with Crippen molar-refractivity contribution < 1.29 is 18.7 Å². The average molecular weight is 464 g/mol. The Bertz CT molecular complexity index is 1040. The molecule has 1 aromatic heterocycles. The molecule has 0 saturated heterocycles. The maximum absolute atomic E-state index is 13.4. The first-order valence-corrected chi connectivity index (χ1v) is 11.0. The molecular weight excluding hydrogens is 437 g/mol. The molecule has 0 radical (unpaired) electrons. The van der Waals surface area contributed by atoms with Gasteiger partial charge in [0, 0.05) is 19.3 Å². The van der Waals surface area contributed by atoms with Crippen molar-refractivity contribution in [3.63, 3.8) is 0 Å². The first-order valence-electron chi connectivity index (χ1n) is 10.7. The average Bonchev–Trinajstić information content (AvgIpc) is 3.45. The summed E-state index contributed by atoms with van der Waals surface area (Å²) in [6.45, 7) is 5.62. The number of carbonyl (C=O) groups is 2. The van der Waals surface area contributed by atoms with Crippen LogP contribution in [0.2, 0.25) is 5.02 Å². The maximum atomic E-state index is 13.4. The van der Waals surface area contributed by atoms with Crippen molar-refractivity contribution in [3.8, 4) is 0 Å². The lowest BCUT2D eigenvalue weighted by atomic mass is 10.1. The van der Waals surface area contributed by atoms with E-state index < -0.39 is 5.82 Å². The van der Waals surface area contributed by atoms with Crippen LogP contribution >= 0.6 is 11.6 Å². The summed E-state index contributed by atoms with van der Waals surface area (Å²) in [4.78, 5) is 29.4. The number of urea groups is 1. The van der Waals surface area contributed by atoms with Crippen molar-refractivity contribution in [3.05, 3.63) is 46.5 Å².